The number of fused-ring (bicyclic) bond motifs is 3. The molecule has 8 aromatic rings. The van der Waals surface area contributed by atoms with Crippen LogP contribution in [0.5, 0.6) is 0 Å². The van der Waals surface area contributed by atoms with E-state index in [4.69, 9.17) is 15.0 Å². The van der Waals surface area contributed by atoms with E-state index >= 15 is 0 Å². The van der Waals surface area contributed by atoms with Crippen LogP contribution in [0.3, 0.4) is 0 Å². The molecule has 0 N–H and O–H groups in total. The molecule has 1 heterocycles. The van der Waals surface area contributed by atoms with Gasteiger partial charge < -0.3 is 0 Å². The maximum atomic E-state index is 9.89. The fourth-order valence-corrected chi connectivity index (χ4v) is 7.52. The molecule has 0 bridgehead atoms. The van der Waals surface area contributed by atoms with Crippen LogP contribution in [0.2, 0.25) is 0 Å². The lowest BCUT2D eigenvalue weighted by molar-refractivity contribution is 0.768. The average molecular weight is 651 g/mol. The first kappa shape index (κ1) is 30.1. The molecule has 0 spiro atoms. The fourth-order valence-electron chi connectivity index (χ4n) is 7.52. The average Bonchev–Trinajstić information content (AvgIpc) is 3.51. The van der Waals surface area contributed by atoms with E-state index in [1.807, 2.05) is 72.8 Å². The molecule has 9 rings (SSSR count). The third-order valence-corrected chi connectivity index (χ3v) is 9.83. The first-order valence-electron chi connectivity index (χ1n) is 17.0. The van der Waals surface area contributed by atoms with Gasteiger partial charge in [0, 0.05) is 16.7 Å². The van der Waals surface area contributed by atoms with Gasteiger partial charge in [0.1, 0.15) is 0 Å². The van der Waals surface area contributed by atoms with E-state index < -0.39 is 5.41 Å². The zero-order valence-corrected chi connectivity index (χ0v) is 27.6. The predicted molar refractivity (Wildman–Crippen MR) is 204 cm³/mol. The van der Waals surface area contributed by atoms with Crippen LogP contribution in [0.15, 0.2) is 182 Å². The molecule has 7 aromatic carbocycles. The third-order valence-electron chi connectivity index (χ3n) is 9.83. The summed E-state index contributed by atoms with van der Waals surface area (Å²) in [6, 6.07) is 65.2. The minimum Gasteiger partial charge on any atom is -0.208 e. The second kappa shape index (κ2) is 12.5. The van der Waals surface area contributed by atoms with E-state index in [2.05, 4.69) is 115 Å². The molecular weight excluding hydrogens is 621 g/mol. The van der Waals surface area contributed by atoms with Crippen LogP contribution in [0.25, 0.3) is 56.4 Å². The van der Waals surface area contributed by atoms with Crippen LogP contribution in [0.4, 0.5) is 0 Å². The summed E-state index contributed by atoms with van der Waals surface area (Å²) in [5.74, 6) is 1.88. The first-order chi connectivity index (χ1) is 25.2. The van der Waals surface area contributed by atoms with E-state index in [0.29, 0.717) is 23.0 Å². The molecule has 0 atom stereocenters. The standard InChI is InChI=1S/C47H30N4/c48-31-32-24-27-42-41(28-32)40-26-25-36(30-43(40)47(42,38-20-9-3-10-21-38)39-22-11-4-12-23-39)35-18-13-19-37(29-35)46-50-44(33-14-5-1-6-15-33)49-45(51-46)34-16-7-2-8-17-34/h1-30H. The Morgan fingerprint density at radius 3 is 1.43 bits per heavy atom. The number of hydrogen-bond donors (Lipinski definition) is 0. The number of nitrogens with zero attached hydrogens (tertiary/aromatic N) is 4. The van der Waals surface area contributed by atoms with Crippen molar-refractivity contribution < 1.29 is 0 Å². The summed E-state index contributed by atoms with van der Waals surface area (Å²) >= 11 is 0. The van der Waals surface area contributed by atoms with E-state index in [-0.39, 0.29) is 0 Å². The number of rotatable bonds is 6. The highest BCUT2D eigenvalue weighted by molar-refractivity contribution is 5.89. The highest BCUT2D eigenvalue weighted by atomic mass is 15.0. The fraction of sp³-hybridized carbons (Fsp3) is 0.0213. The first-order valence-corrected chi connectivity index (χ1v) is 17.0. The molecule has 4 heteroatoms. The normalized spacial score (nSPS) is 12.5. The Balaban J connectivity index is 1.23. The Bertz CT molecular complexity index is 2480. The minimum absolute atomic E-state index is 0.571. The number of hydrogen-bond acceptors (Lipinski definition) is 4. The molecule has 238 valence electrons. The largest absolute Gasteiger partial charge is 0.208 e. The minimum atomic E-state index is -0.571. The van der Waals surface area contributed by atoms with Crippen molar-refractivity contribution in [3.8, 4) is 62.5 Å². The summed E-state index contributed by atoms with van der Waals surface area (Å²) in [4.78, 5) is 14.9. The SMILES string of the molecule is N#Cc1ccc2c(c1)-c1ccc(-c3cccc(-c4nc(-c5ccccc5)nc(-c5ccccc5)n4)c3)cc1C2(c1ccccc1)c1ccccc1. The molecule has 0 saturated heterocycles. The monoisotopic (exact) mass is 650 g/mol. The summed E-state index contributed by atoms with van der Waals surface area (Å²) < 4.78 is 0. The van der Waals surface area contributed by atoms with Gasteiger partial charge in [-0.25, -0.2) is 15.0 Å². The van der Waals surface area contributed by atoms with E-state index in [1.165, 1.54) is 22.3 Å². The molecule has 1 aliphatic carbocycles. The van der Waals surface area contributed by atoms with Gasteiger partial charge in [0.25, 0.3) is 0 Å². The quantitative estimate of drug-likeness (QED) is 0.180. The van der Waals surface area contributed by atoms with E-state index in [9.17, 15) is 5.26 Å². The van der Waals surface area contributed by atoms with Gasteiger partial charge in [0.05, 0.1) is 17.0 Å². The molecule has 0 radical (unpaired) electrons. The van der Waals surface area contributed by atoms with Gasteiger partial charge in [-0.1, -0.05) is 158 Å². The van der Waals surface area contributed by atoms with Gasteiger partial charge in [0.15, 0.2) is 17.5 Å². The van der Waals surface area contributed by atoms with Crippen LogP contribution in [0, 0.1) is 11.3 Å². The van der Waals surface area contributed by atoms with Crippen molar-refractivity contribution >= 4 is 0 Å². The molecule has 51 heavy (non-hydrogen) atoms. The highest BCUT2D eigenvalue weighted by Gasteiger charge is 2.46. The third kappa shape index (κ3) is 5.12. The lowest BCUT2D eigenvalue weighted by Crippen LogP contribution is -2.28. The van der Waals surface area contributed by atoms with Gasteiger partial charge >= 0.3 is 0 Å². The van der Waals surface area contributed by atoms with Gasteiger partial charge in [-0.3, -0.25) is 0 Å². The van der Waals surface area contributed by atoms with Crippen molar-refractivity contribution in [3.63, 3.8) is 0 Å². The van der Waals surface area contributed by atoms with Crippen LogP contribution in [-0.4, -0.2) is 15.0 Å². The Hall–Kier alpha value is -6.96. The molecule has 4 nitrogen and oxygen atoms in total. The van der Waals surface area contributed by atoms with E-state index in [0.717, 1.165) is 38.9 Å². The van der Waals surface area contributed by atoms with Crippen molar-refractivity contribution in [1.82, 2.24) is 15.0 Å². The zero-order chi connectivity index (χ0) is 34.2. The Morgan fingerprint density at radius 1 is 0.373 bits per heavy atom. The molecule has 0 amide bonds. The van der Waals surface area contributed by atoms with Gasteiger partial charge in [-0.2, -0.15) is 5.26 Å². The summed E-state index contributed by atoms with van der Waals surface area (Å²) in [7, 11) is 0. The Kier molecular flexibility index (Phi) is 7.38. The Morgan fingerprint density at radius 2 is 0.863 bits per heavy atom. The molecule has 1 aromatic heterocycles. The van der Waals surface area contributed by atoms with Crippen LogP contribution >= 0.6 is 0 Å². The number of benzene rings is 7. The van der Waals surface area contributed by atoms with Crippen molar-refractivity contribution in [2.75, 3.05) is 0 Å². The van der Waals surface area contributed by atoms with Crippen LogP contribution in [-0.2, 0) is 5.41 Å². The maximum Gasteiger partial charge on any atom is 0.164 e. The second-order valence-corrected chi connectivity index (χ2v) is 12.7. The van der Waals surface area contributed by atoms with Crippen LogP contribution < -0.4 is 0 Å². The molecule has 0 aliphatic heterocycles. The summed E-state index contributed by atoms with van der Waals surface area (Å²) in [5.41, 5.74) is 11.9. The summed E-state index contributed by atoms with van der Waals surface area (Å²) in [6.07, 6.45) is 0. The van der Waals surface area contributed by atoms with Crippen molar-refractivity contribution in [3.05, 3.63) is 210 Å². The zero-order valence-electron chi connectivity index (χ0n) is 27.6. The lowest BCUT2D eigenvalue weighted by atomic mass is 9.67. The molecule has 0 unspecified atom stereocenters. The number of nitriles is 1. The topological polar surface area (TPSA) is 62.5 Å². The molecular formula is C47H30N4. The van der Waals surface area contributed by atoms with Crippen molar-refractivity contribution in [2.24, 2.45) is 0 Å². The summed E-state index contributed by atoms with van der Waals surface area (Å²) in [6.45, 7) is 0. The Labute approximate surface area is 297 Å². The predicted octanol–water partition coefficient (Wildman–Crippen LogP) is 10.8. The van der Waals surface area contributed by atoms with Gasteiger partial charge in [-0.15, -0.1) is 0 Å². The van der Waals surface area contributed by atoms with Gasteiger partial charge in [0.2, 0.25) is 0 Å². The van der Waals surface area contributed by atoms with Gasteiger partial charge in [-0.05, 0) is 68.8 Å². The van der Waals surface area contributed by atoms with Crippen LogP contribution in [0.1, 0.15) is 27.8 Å². The molecule has 0 fully saturated rings. The maximum absolute atomic E-state index is 9.89. The molecule has 0 saturated carbocycles. The second-order valence-electron chi connectivity index (χ2n) is 12.7. The number of aromatic nitrogens is 3. The summed E-state index contributed by atoms with van der Waals surface area (Å²) in [5, 5.41) is 9.89. The smallest absolute Gasteiger partial charge is 0.164 e. The highest BCUT2D eigenvalue weighted by Crippen LogP contribution is 2.57. The van der Waals surface area contributed by atoms with E-state index in [1.54, 1.807) is 0 Å². The lowest BCUT2D eigenvalue weighted by Gasteiger charge is -2.34. The molecule has 1 aliphatic rings. The van der Waals surface area contributed by atoms with Crippen molar-refractivity contribution in [2.45, 2.75) is 5.41 Å². The van der Waals surface area contributed by atoms with Crippen molar-refractivity contribution in [1.29, 1.82) is 5.26 Å².